The molecule has 1 N–H and O–H groups in total. The summed E-state index contributed by atoms with van der Waals surface area (Å²) in [6.07, 6.45) is -0.739. The number of hydrogen-bond donors (Lipinski definition) is 1. The largest absolute Gasteiger partial charge is 0.476 e. The molecule has 0 amide bonds. The van der Waals surface area contributed by atoms with Gasteiger partial charge < -0.3 is 9.84 Å². The van der Waals surface area contributed by atoms with Crippen LogP contribution < -0.4 is 0 Å². The Morgan fingerprint density at radius 2 is 2.00 bits per heavy atom. The number of carboxylic acid groups (broad SMARTS) is 1. The third-order valence-electron chi connectivity index (χ3n) is 2.41. The summed E-state index contributed by atoms with van der Waals surface area (Å²) in [6.45, 7) is 5.14. The fraction of sp³-hybridized carbons (Fsp3) is 0.308. The Balaban J connectivity index is 2.60. The number of hydrogen-bond acceptors (Lipinski definition) is 4. The van der Waals surface area contributed by atoms with Crippen LogP contribution in [-0.2, 0) is 4.74 Å². The van der Waals surface area contributed by atoms with Crippen LogP contribution in [0.4, 0.5) is 4.79 Å². The normalized spacial score (nSPS) is 11.6. The minimum absolute atomic E-state index is 0.242. The summed E-state index contributed by atoms with van der Waals surface area (Å²) in [5.41, 5.74) is -0.611. The van der Waals surface area contributed by atoms with E-state index in [1.165, 1.54) is 12.1 Å². The molecule has 1 aromatic carbocycles. The molecule has 0 bridgehead atoms. The SMILES string of the molecule is CC(C)(C)OC(=O)n1nc(C(=O)O)c2cc(Cl)ccc21. The predicted octanol–water partition coefficient (Wildman–Crippen LogP) is 3.17. The molecule has 2 aromatic rings. The summed E-state index contributed by atoms with van der Waals surface area (Å²) in [6, 6.07) is 4.54. The molecule has 1 aromatic heterocycles. The van der Waals surface area contributed by atoms with E-state index in [2.05, 4.69) is 5.10 Å². The lowest BCUT2D eigenvalue weighted by atomic mass is 10.2. The average Bonchev–Trinajstić information content (AvgIpc) is 2.65. The van der Waals surface area contributed by atoms with Crippen molar-refractivity contribution in [1.29, 1.82) is 0 Å². The van der Waals surface area contributed by atoms with E-state index in [-0.39, 0.29) is 11.1 Å². The quantitative estimate of drug-likeness (QED) is 0.874. The summed E-state index contributed by atoms with van der Waals surface area (Å²) in [5, 5.41) is 13.6. The molecule has 0 spiro atoms. The number of carboxylic acids is 1. The standard InChI is InChI=1S/C13H13ClN2O4/c1-13(2,3)20-12(19)16-9-5-4-7(14)6-8(9)10(15-16)11(17)18/h4-6H,1-3H3,(H,17,18). The van der Waals surface area contributed by atoms with Crippen molar-refractivity contribution in [3.8, 4) is 0 Å². The highest BCUT2D eigenvalue weighted by molar-refractivity contribution is 6.31. The van der Waals surface area contributed by atoms with E-state index in [9.17, 15) is 9.59 Å². The number of ether oxygens (including phenoxy) is 1. The molecule has 0 atom stereocenters. The molecule has 0 aliphatic heterocycles. The minimum Gasteiger partial charge on any atom is -0.476 e. The van der Waals surface area contributed by atoms with Gasteiger partial charge in [0.1, 0.15) is 5.60 Å². The van der Waals surface area contributed by atoms with Gasteiger partial charge in [-0.1, -0.05) is 11.6 Å². The highest BCUT2D eigenvalue weighted by Crippen LogP contribution is 2.23. The number of carbonyl (C=O) groups excluding carboxylic acids is 1. The maximum Gasteiger partial charge on any atom is 0.435 e. The number of fused-ring (bicyclic) bond motifs is 1. The van der Waals surface area contributed by atoms with Crippen LogP contribution >= 0.6 is 11.6 Å². The van der Waals surface area contributed by atoms with Gasteiger partial charge in [-0.25, -0.2) is 9.59 Å². The van der Waals surface area contributed by atoms with Crippen molar-refractivity contribution >= 4 is 34.6 Å². The Morgan fingerprint density at radius 3 is 2.55 bits per heavy atom. The average molecular weight is 297 g/mol. The summed E-state index contributed by atoms with van der Waals surface area (Å²) < 4.78 is 6.12. The monoisotopic (exact) mass is 296 g/mol. The third-order valence-corrected chi connectivity index (χ3v) is 2.65. The molecule has 0 radical (unpaired) electrons. The zero-order valence-corrected chi connectivity index (χ0v) is 11.9. The zero-order chi connectivity index (χ0) is 15.1. The fourth-order valence-electron chi connectivity index (χ4n) is 1.69. The van der Waals surface area contributed by atoms with Gasteiger partial charge in [-0.2, -0.15) is 9.78 Å². The van der Waals surface area contributed by atoms with Gasteiger partial charge in [0.05, 0.1) is 5.52 Å². The number of nitrogens with zero attached hydrogens (tertiary/aromatic N) is 2. The maximum atomic E-state index is 12.0. The molecule has 0 unspecified atom stereocenters. The van der Waals surface area contributed by atoms with Crippen molar-refractivity contribution in [3.63, 3.8) is 0 Å². The molecule has 1 heterocycles. The molecule has 0 saturated heterocycles. The Bertz CT molecular complexity index is 700. The number of halogens is 1. The summed E-state index contributed by atoms with van der Waals surface area (Å²) in [7, 11) is 0. The molecular weight excluding hydrogens is 284 g/mol. The molecule has 106 valence electrons. The zero-order valence-electron chi connectivity index (χ0n) is 11.2. The van der Waals surface area contributed by atoms with Crippen molar-refractivity contribution in [2.75, 3.05) is 0 Å². The van der Waals surface area contributed by atoms with Gasteiger partial charge in [0.2, 0.25) is 0 Å². The molecule has 6 nitrogen and oxygen atoms in total. The van der Waals surface area contributed by atoms with Crippen molar-refractivity contribution in [2.24, 2.45) is 0 Å². The Morgan fingerprint density at radius 1 is 1.35 bits per heavy atom. The van der Waals surface area contributed by atoms with Crippen molar-refractivity contribution < 1.29 is 19.4 Å². The first-order valence-corrected chi connectivity index (χ1v) is 6.22. The van der Waals surface area contributed by atoms with Crippen LogP contribution in [-0.4, -0.2) is 32.6 Å². The molecule has 7 heteroatoms. The fourth-order valence-corrected chi connectivity index (χ4v) is 1.86. The van der Waals surface area contributed by atoms with Crippen LogP contribution in [0.3, 0.4) is 0 Å². The first kappa shape index (κ1) is 14.3. The number of aromatic carboxylic acids is 1. The van der Waals surface area contributed by atoms with Gasteiger partial charge in [-0.05, 0) is 39.0 Å². The Hall–Kier alpha value is -2.08. The Kier molecular flexibility index (Phi) is 3.43. The van der Waals surface area contributed by atoms with E-state index in [1.54, 1.807) is 26.8 Å². The van der Waals surface area contributed by atoms with Crippen LogP contribution in [0.2, 0.25) is 5.02 Å². The lowest BCUT2D eigenvalue weighted by molar-refractivity contribution is 0.0521. The van der Waals surface area contributed by atoms with E-state index in [4.69, 9.17) is 21.4 Å². The number of benzene rings is 1. The maximum absolute atomic E-state index is 12.0. The van der Waals surface area contributed by atoms with Crippen LogP contribution in [0.5, 0.6) is 0 Å². The summed E-state index contributed by atoms with van der Waals surface area (Å²) in [4.78, 5) is 23.2. The topological polar surface area (TPSA) is 81.4 Å². The van der Waals surface area contributed by atoms with E-state index in [1.807, 2.05) is 0 Å². The van der Waals surface area contributed by atoms with E-state index < -0.39 is 17.7 Å². The van der Waals surface area contributed by atoms with Crippen molar-refractivity contribution in [1.82, 2.24) is 9.78 Å². The van der Waals surface area contributed by atoms with Crippen LogP contribution in [0.1, 0.15) is 31.3 Å². The molecule has 0 fully saturated rings. The van der Waals surface area contributed by atoms with Gasteiger partial charge in [0.15, 0.2) is 5.69 Å². The van der Waals surface area contributed by atoms with E-state index >= 15 is 0 Å². The van der Waals surface area contributed by atoms with Gasteiger partial charge >= 0.3 is 12.1 Å². The lowest BCUT2D eigenvalue weighted by Gasteiger charge is -2.19. The van der Waals surface area contributed by atoms with Gasteiger partial charge in [0, 0.05) is 10.4 Å². The lowest BCUT2D eigenvalue weighted by Crippen LogP contribution is -2.27. The van der Waals surface area contributed by atoms with Gasteiger partial charge in [0.25, 0.3) is 0 Å². The second-order valence-corrected chi connectivity index (χ2v) is 5.64. The molecule has 2 rings (SSSR count). The summed E-state index contributed by atoms with van der Waals surface area (Å²) >= 11 is 5.84. The van der Waals surface area contributed by atoms with E-state index in [0.29, 0.717) is 10.5 Å². The first-order valence-electron chi connectivity index (χ1n) is 5.84. The van der Waals surface area contributed by atoms with Crippen molar-refractivity contribution in [3.05, 3.63) is 28.9 Å². The molecular formula is C13H13ClN2O4. The molecule has 0 aliphatic carbocycles. The molecule has 20 heavy (non-hydrogen) atoms. The van der Waals surface area contributed by atoms with E-state index in [0.717, 1.165) is 4.68 Å². The number of aromatic nitrogens is 2. The Labute approximate surface area is 119 Å². The summed E-state index contributed by atoms with van der Waals surface area (Å²) in [5.74, 6) is -1.24. The van der Waals surface area contributed by atoms with Crippen molar-refractivity contribution in [2.45, 2.75) is 26.4 Å². The highest BCUT2D eigenvalue weighted by Gasteiger charge is 2.24. The number of rotatable bonds is 1. The predicted molar refractivity (Wildman–Crippen MR) is 73.3 cm³/mol. The first-order chi connectivity index (χ1) is 9.19. The smallest absolute Gasteiger partial charge is 0.435 e. The molecule has 0 saturated carbocycles. The third kappa shape index (κ3) is 2.75. The minimum atomic E-state index is -1.24. The number of carbonyl (C=O) groups is 2. The van der Waals surface area contributed by atoms with Crippen LogP contribution in [0.15, 0.2) is 18.2 Å². The highest BCUT2D eigenvalue weighted by atomic mass is 35.5. The van der Waals surface area contributed by atoms with Crippen LogP contribution in [0.25, 0.3) is 10.9 Å². The second-order valence-electron chi connectivity index (χ2n) is 5.21. The molecule has 0 aliphatic rings. The van der Waals surface area contributed by atoms with Gasteiger partial charge in [-0.3, -0.25) is 0 Å². The van der Waals surface area contributed by atoms with Gasteiger partial charge in [-0.15, -0.1) is 0 Å². The van der Waals surface area contributed by atoms with Crippen LogP contribution in [0, 0.1) is 0 Å². The second kappa shape index (κ2) is 4.79.